The summed E-state index contributed by atoms with van der Waals surface area (Å²) < 4.78 is 5.25. The Morgan fingerprint density at radius 1 is 0.971 bits per heavy atom. The summed E-state index contributed by atoms with van der Waals surface area (Å²) in [6, 6.07) is 0.342. The molecule has 1 aliphatic heterocycles. The lowest BCUT2D eigenvalue weighted by molar-refractivity contribution is -0.237. The van der Waals surface area contributed by atoms with Crippen molar-refractivity contribution in [3.8, 4) is 0 Å². The van der Waals surface area contributed by atoms with Crippen LogP contribution in [0.5, 0.6) is 0 Å². The standard InChI is InChI=1S/C29H43NO5/c1-26-11-8-23-24(29(26,34)14-10-22(26)19-15-25(32)35-17-19)9-13-28(33)16-21(31)7-12-27(23,28)18-30-20-5-3-2-4-6-20/h15,18,20-24,31,33-34H,2-14,16-17H2,1H3/t21-,22-,23+,24-,26-,27+,28-,29-/m1/s1. The van der Waals surface area contributed by atoms with Crippen molar-refractivity contribution in [2.45, 2.75) is 120 Å². The van der Waals surface area contributed by atoms with E-state index in [-0.39, 0.29) is 29.1 Å². The first-order valence-corrected chi connectivity index (χ1v) is 14.3. The normalized spacial score (nSPS) is 50.4. The maximum atomic E-state index is 12.5. The molecule has 8 atom stereocenters. The van der Waals surface area contributed by atoms with Crippen molar-refractivity contribution in [1.29, 1.82) is 0 Å². The number of ether oxygens (including phenoxy) is 1. The summed E-state index contributed by atoms with van der Waals surface area (Å²) in [6.45, 7) is 2.59. The highest BCUT2D eigenvalue weighted by atomic mass is 16.5. The topological polar surface area (TPSA) is 99.4 Å². The van der Waals surface area contributed by atoms with Crippen LogP contribution in [0.25, 0.3) is 0 Å². The molecule has 0 aromatic carbocycles. The highest BCUT2D eigenvalue weighted by molar-refractivity contribution is 5.85. The molecule has 5 aliphatic carbocycles. The van der Waals surface area contributed by atoms with Crippen molar-refractivity contribution in [1.82, 2.24) is 0 Å². The van der Waals surface area contributed by atoms with Crippen LogP contribution < -0.4 is 0 Å². The number of hydrogen-bond donors (Lipinski definition) is 3. The smallest absolute Gasteiger partial charge is 0.331 e. The van der Waals surface area contributed by atoms with Gasteiger partial charge in [-0.3, -0.25) is 4.99 Å². The third-order valence-electron chi connectivity index (χ3n) is 11.7. The molecule has 0 unspecified atom stereocenters. The average Bonchev–Trinajstić information content (AvgIpc) is 3.38. The van der Waals surface area contributed by atoms with Crippen LogP contribution in [0.2, 0.25) is 0 Å². The molecule has 5 saturated carbocycles. The maximum absolute atomic E-state index is 12.5. The lowest BCUT2D eigenvalue weighted by Gasteiger charge is -2.65. The van der Waals surface area contributed by atoms with Gasteiger partial charge in [0.1, 0.15) is 6.61 Å². The Bertz CT molecular complexity index is 926. The fourth-order valence-electron chi connectivity index (χ4n) is 9.83. The van der Waals surface area contributed by atoms with Crippen molar-refractivity contribution in [3.63, 3.8) is 0 Å². The summed E-state index contributed by atoms with van der Waals surface area (Å²) in [5.74, 6) is 0.168. The van der Waals surface area contributed by atoms with Crippen LogP contribution in [0, 0.1) is 28.6 Å². The lowest BCUT2D eigenvalue weighted by Crippen LogP contribution is -2.68. The Labute approximate surface area is 209 Å². The second-order valence-corrected chi connectivity index (χ2v) is 13.1. The van der Waals surface area contributed by atoms with Crippen LogP contribution in [0.1, 0.15) is 96.8 Å². The predicted octanol–water partition coefficient (Wildman–Crippen LogP) is 4.10. The second kappa shape index (κ2) is 8.39. The largest absolute Gasteiger partial charge is 0.458 e. The van der Waals surface area contributed by atoms with Crippen molar-refractivity contribution in [2.75, 3.05) is 6.61 Å². The molecule has 6 rings (SSSR count). The van der Waals surface area contributed by atoms with Gasteiger partial charge in [-0.15, -0.1) is 0 Å². The van der Waals surface area contributed by atoms with Gasteiger partial charge in [0.05, 0.1) is 17.3 Å². The number of esters is 1. The van der Waals surface area contributed by atoms with Crippen molar-refractivity contribution < 1.29 is 24.9 Å². The number of hydrogen-bond acceptors (Lipinski definition) is 6. The molecule has 5 fully saturated rings. The van der Waals surface area contributed by atoms with Crippen LogP contribution in [-0.4, -0.2) is 57.5 Å². The summed E-state index contributed by atoms with van der Waals surface area (Å²) in [4.78, 5) is 17.0. The number of aliphatic hydroxyl groups excluding tert-OH is 1. The van der Waals surface area contributed by atoms with Crippen LogP contribution in [0.4, 0.5) is 0 Å². The van der Waals surface area contributed by atoms with Crippen molar-refractivity contribution in [3.05, 3.63) is 11.6 Å². The first kappa shape index (κ1) is 24.1. The molecule has 0 bridgehead atoms. The van der Waals surface area contributed by atoms with Gasteiger partial charge in [0.15, 0.2) is 0 Å². The van der Waals surface area contributed by atoms with E-state index in [1.165, 1.54) is 19.3 Å². The SMILES string of the molecule is C[C@]12CC[C@H]3[C@@H](CC[C@@]4(O)C[C@H](O)CC[C@]34C=NC3CCCCC3)[C@]1(O)CC[C@@H]2C1=CC(=O)OC1. The van der Waals surface area contributed by atoms with E-state index in [1.54, 1.807) is 6.08 Å². The quantitative estimate of drug-likeness (QED) is 0.413. The summed E-state index contributed by atoms with van der Waals surface area (Å²) in [7, 11) is 0. The number of cyclic esters (lactones) is 1. The van der Waals surface area contributed by atoms with Crippen LogP contribution >= 0.6 is 0 Å². The molecule has 0 amide bonds. The molecule has 3 N–H and O–H groups in total. The summed E-state index contributed by atoms with van der Waals surface area (Å²) in [6.07, 6.45) is 16.0. The minimum absolute atomic E-state index is 0.0956. The Kier molecular flexibility index (Phi) is 5.78. The molecular formula is C29H43NO5. The average molecular weight is 486 g/mol. The van der Waals surface area contributed by atoms with Gasteiger partial charge in [0.2, 0.25) is 0 Å². The van der Waals surface area contributed by atoms with Crippen molar-refractivity contribution >= 4 is 12.2 Å². The molecule has 0 aromatic heterocycles. The zero-order valence-corrected chi connectivity index (χ0v) is 21.3. The molecule has 35 heavy (non-hydrogen) atoms. The molecule has 194 valence electrons. The zero-order chi connectivity index (χ0) is 24.5. The van der Waals surface area contributed by atoms with E-state index in [9.17, 15) is 20.1 Å². The number of rotatable bonds is 3. The Hall–Kier alpha value is -1.24. The van der Waals surface area contributed by atoms with Gasteiger partial charge in [-0.2, -0.15) is 0 Å². The Morgan fingerprint density at radius 3 is 2.49 bits per heavy atom. The Balaban J connectivity index is 1.36. The van der Waals surface area contributed by atoms with Crippen LogP contribution in [0.3, 0.4) is 0 Å². The fraction of sp³-hybridized carbons (Fsp3) is 0.862. The number of aliphatic hydroxyl groups is 3. The van der Waals surface area contributed by atoms with Crippen LogP contribution in [-0.2, 0) is 9.53 Å². The molecule has 0 radical (unpaired) electrons. The monoisotopic (exact) mass is 485 g/mol. The lowest BCUT2D eigenvalue weighted by atomic mass is 9.41. The van der Waals surface area contributed by atoms with E-state index < -0.39 is 22.7 Å². The van der Waals surface area contributed by atoms with E-state index in [0.717, 1.165) is 56.9 Å². The summed E-state index contributed by atoms with van der Waals surface area (Å²) >= 11 is 0. The van der Waals surface area contributed by atoms with Gasteiger partial charge in [-0.25, -0.2) is 4.79 Å². The minimum atomic E-state index is -0.958. The van der Waals surface area contributed by atoms with Gasteiger partial charge in [-0.05, 0) is 87.5 Å². The molecule has 6 aliphatic rings. The molecule has 0 spiro atoms. The highest BCUT2D eigenvalue weighted by Gasteiger charge is 2.71. The highest BCUT2D eigenvalue weighted by Crippen LogP contribution is 2.70. The van der Waals surface area contributed by atoms with Gasteiger partial charge in [-0.1, -0.05) is 26.2 Å². The third kappa shape index (κ3) is 3.45. The van der Waals surface area contributed by atoms with E-state index in [1.807, 2.05) is 0 Å². The summed E-state index contributed by atoms with van der Waals surface area (Å²) in [5, 5.41) is 35.2. The van der Waals surface area contributed by atoms with Gasteiger partial charge in [0, 0.05) is 35.6 Å². The Morgan fingerprint density at radius 2 is 1.74 bits per heavy atom. The number of nitrogens with zero attached hydrogens (tertiary/aromatic N) is 1. The molecule has 0 aromatic rings. The minimum Gasteiger partial charge on any atom is -0.458 e. The first-order valence-electron chi connectivity index (χ1n) is 14.3. The second-order valence-electron chi connectivity index (χ2n) is 13.1. The molecule has 6 heteroatoms. The van der Waals surface area contributed by atoms with E-state index in [0.29, 0.717) is 31.9 Å². The van der Waals surface area contributed by atoms with E-state index in [4.69, 9.17) is 9.73 Å². The predicted molar refractivity (Wildman–Crippen MR) is 133 cm³/mol. The van der Waals surface area contributed by atoms with Gasteiger partial charge in [0.25, 0.3) is 0 Å². The van der Waals surface area contributed by atoms with Gasteiger partial charge < -0.3 is 20.1 Å². The first-order chi connectivity index (χ1) is 16.7. The van der Waals surface area contributed by atoms with E-state index >= 15 is 0 Å². The zero-order valence-electron chi connectivity index (χ0n) is 21.3. The summed E-state index contributed by atoms with van der Waals surface area (Å²) in [5.41, 5.74) is -1.50. The van der Waals surface area contributed by atoms with Crippen LogP contribution in [0.15, 0.2) is 16.6 Å². The number of fused-ring (bicyclic) bond motifs is 5. The third-order valence-corrected chi connectivity index (χ3v) is 11.7. The van der Waals surface area contributed by atoms with Gasteiger partial charge >= 0.3 is 5.97 Å². The molecule has 1 heterocycles. The molecule has 6 nitrogen and oxygen atoms in total. The molecular weight excluding hydrogens is 442 g/mol. The number of carbonyl (C=O) groups excluding carboxylic acids is 1. The number of aliphatic imine (C=N–C) groups is 1. The van der Waals surface area contributed by atoms with Crippen molar-refractivity contribution in [2.24, 2.45) is 33.6 Å². The van der Waals surface area contributed by atoms with E-state index in [2.05, 4.69) is 13.1 Å². The molecule has 0 saturated heterocycles. The number of carbonyl (C=O) groups is 1. The maximum Gasteiger partial charge on any atom is 0.331 e. The fourth-order valence-corrected chi connectivity index (χ4v) is 9.83.